The van der Waals surface area contributed by atoms with Crippen molar-refractivity contribution < 1.29 is 26.4 Å². The largest absolute Gasteiger partial charge is 0.417 e. The molecule has 0 aliphatic heterocycles. The first-order valence-corrected chi connectivity index (χ1v) is 10.8. The second-order valence-electron chi connectivity index (χ2n) is 6.50. The number of rotatable bonds is 6. The molecule has 1 atom stereocenters. The van der Waals surface area contributed by atoms with Gasteiger partial charge in [0.1, 0.15) is 6.04 Å². The van der Waals surface area contributed by atoms with Crippen LogP contribution in [0.1, 0.15) is 24.5 Å². The summed E-state index contributed by atoms with van der Waals surface area (Å²) in [6, 6.07) is 8.39. The minimum Gasteiger partial charge on any atom is -0.324 e. The molecule has 1 amide bonds. The van der Waals surface area contributed by atoms with Crippen LogP contribution < -0.4 is 9.62 Å². The SMILES string of the molecule is CCC(C(=O)Nc1ccc(Cl)c(C(F)(F)F)c1)N(c1cccc(C)c1)S(C)(=O)=O. The zero-order valence-electron chi connectivity index (χ0n) is 15.9. The van der Waals surface area contributed by atoms with E-state index in [1.807, 2.05) is 0 Å². The number of aryl methyl sites for hydroxylation is 1. The summed E-state index contributed by atoms with van der Waals surface area (Å²) < 4.78 is 64.9. The smallest absolute Gasteiger partial charge is 0.324 e. The Morgan fingerprint density at radius 1 is 1.21 bits per heavy atom. The molecule has 2 aromatic rings. The average Bonchev–Trinajstić information content (AvgIpc) is 2.58. The maximum Gasteiger partial charge on any atom is 0.417 e. The summed E-state index contributed by atoms with van der Waals surface area (Å²) >= 11 is 5.59. The minimum absolute atomic E-state index is 0.104. The van der Waals surface area contributed by atoms with Gasteiger partial charge in [-0.2, -0.15) is 13.2 Å². The van der Waals surface area contributed by atoms with Crippen LogP contribution in [0.4, 0.5) is 24.5 Å². The molecular weight excluding hydrogens is 429 g/mol. The first kappa shape index (κ1) is 23.0. The monoisotopic (exact) mass is 448 g/mol. The van der Waals surface area contributed by atoms with Gasteiger partial charge in [-0.1, -0.05) is 30.7 Å². The number of hydrogen-bond donors (Lipinski definition) is 1. The highest BCUT2D eigenvalue weighted by molar-refractivity contribution is 7.92. The highest BCUT2D eigenvalue weighted by atomic mass is 35.5. The Morgan fingerprint density at radius 2 is 1.86 bits per heavy atom. The molecule has 5 nitrogen and oxygen atoms in total. The molecule has 1 N–H and O–H groups in total. The summed E-state index contributed by atoms with van der Waals surface area (Å²) in [6.07, 6.45) is -3.62. The van der Waals surface area contributed by atoms with Crippen LogP contribution >= 0.6 is 11.6 Å². The van der Waals surface area contributed by atoms with Crippen molar-refractivity contribution in [3.8, 4) is 0 Å². The van der Waals surface area contributed by atoms with Crippen LogP contribution in [0.25, 0.3) is 0 Å². The average molecular weight is 449 g/mol. The van der Waals surface area contributed by atoms with E-state index in [1.165, 1.54) is 6.07 Å². The van der Waals surface area contributed by atoms with E-state index in [4.69, 9.17) is 11.6 Å². The lowest BCUT2D eigenvalue weighted by molar-refractivity contribution is -0.137. The standard InChI is InChI=1S/C19H20ClF3N2O3S/c1-4-17(25(29(3,27)28)14-7-5-6-12(2)10-14)18(26)24-13-8-9-16(20)15(11-13)19(21,22)23/h5-11,17H,4H2,1-3H3,(H,24,26). The molecule has 0 aromatic heterocycles. The predicted octanol–water partition coefficient (Wildman–Crippen LogP) is 4.85. The number of benzene rings is 2. The van der Waals surface area contributed by atoms with Gasteiger partial charge in [0.25, 0.3) is 0 Å². The number of carbonyl (C=O) groups excluding carboxylic acids is 1. The number of sulfonamides is 1. The van der Waals surface area contributed by atoms with Gasteiger partial charge in [-0.25, -0.2) is 8.42 Å². The summed E-state index contributed by atoms with van der Waals surface area (Å²) in [5.41, 5.74) is -0.146. The number of hydrogen-bond acceptors (Lipinski definition) is 3. The molecule has 0 radical (unpaired) electrons. The number of carbonyl (C=O) groups is 1. The normalized spacial score (nSPS) is 13.1. The lowest BCUT2D eigenvalue weighted by Gasteiger charge is -2.30. The van der Waals surface area contributed by atoms with Crippen LogP contribution in [0.3, 0.4) is 0 Å². The van der Waals surface area contributed by atoms with Crippen LogP contribution in [0.15, 0.2) is 42.5 Å². The van der Waals surface area contributed by atoms with Crippen LogP contribution in [-0.2, 0) is 21.0 Å². The Hall–Kier alpha value is -2.26. The van der Waals surface area contributed by atoms with E-state index in [2.05, 4.69) is 5.32 Å². The van der Waals surface area contributed by atoms with Gasteiger partial charge in [0.05, 0.1) is 22.5 Å². The molecule has 0 bridgehead atoms. The van der Waals surface area contributed by atoms with Gasteiger partial charge in [-0.15, -0.1) is 0 Å². The van der Waals surface area contributed by atoms with Gasteiger partial charge in [-0.3, -0.25) is 9.10 Å². The number of halogens is 4. The molecule has 0 aliphatic carbocycles. The summed E-state index contributed by atoms with van der Waals surface area (Å²) in [6.45, 7) is 3.39. The zero-order chi connectivity index (χ0) is 22.0. The Bertz CT molecular complexity index is 1010. The Kier molecular flexibility index (Phi) is 6.85. The van der Waals surface area contributed by atoms with Crippen molar-refractivity contribution in [2.24, 2.45) is 0 Å². The maximum atomic E-state index is 13.0. The van der Waals surface area contributed by atoms with Crippen molar-refractivity contribution in [1.82, 2.24) is 0 Å². The molecule has 0 fully saturated rings. The van der Waals surface area contributed by atoms with Gasteiger partial charge in [0.15, 0.2) is 0 Å². The van der Waals surface area contributed by atoms with Gasteiger partial charge < -0.3 is 5.32 Å². The zero-order valence-corrected chi connectivity index (χ0v) is 17.5. The molecule has 10 heteroatoms. The van der Waals surface area contributed by atoms with E-state index >= 15 is 0 Å². The molecule has 0 saturated carbocycles. The van der Waals surface area contributed by atoms with Crippen LogP contribution in [0.5, 0.6) is 0 Å². The summed E-state index contributed by atoms with van der Waals surface area (Å²) in [7, 11) is -3.85. The molecule has 158 valence electrons. The van der Waals surface area contributed by atoms with Crippen LogP contribution in [-0.4, -0.2) is 26.6 Å². The molecular formula is C19H20ClF3N2O3S. The third-order valence-corrected chi connectivity index (χ3v) is 5.63. The molecule has 0 saturated heterocycles. The van der Waals surface area contributed by atoms with E-state index in [0.717, 1.165) is 22.2 Å². The Labute approximate surface area is 172 Å². The molecule has 29 heavy (non-hydrogen) atoms. The number of alkyl halides is 3. The topological polar surface area (TPSA) is 66.5 Å². The Morgan fingerprint density at radius 3 is 2.38 bits per heavy atom. The van der Waals surface area contributed by atoms with Gasteiger partial charge >= 0.3 is 6.18 Å². The second kappa shape index (κ2) is 8.62. The summed E-state index contributed by atoms with van der Waals surface area (Å²) in [5.74, 6) is -0.755. The van der Waals surface area contributed by atoms with Crippen molar-refractivity contribution in [1.29, 1.82) is 0 Å². The third-order valence-electron chi connectivity index (χ3n) is 4.13. The predicted molar refractivity (Wildman–Crippen MR) is 108 cm³/mol. The van der Waals surface area contributed by atoms with Crippen LogP contribution in [0.2, 0.25) is 5.02 Å². The number of nitrogens with zero attached hydrogens (tertiary/aromatic N) is 1. The quantitative estimate of drug-likeness (QED) is 0.687. The lowest BCUT2D eigenvalue weighted by atomic mass is 10.1. The summed E-state index contributed by atoms with van der Waals surface area (Å²) in [4.78, 5) is 12.8. The Balaban J connectivity index is 2.41. The number of nitrogens with one attached hydrogen (secondary N) is 1. The fraction of sp³-hybridized carbons (Fsp3) is 0.316. The molecule has 2 aromatic carbocycles. The summed E-state index contributed by atoms with van der Waals surface area (Å²) in [5, 5.41) is 1.87. The van der Waals surface area contributed by atoms with E-state index in [1.54, 1.807) is 38.1 Å². The van der Waals surface area contributed by atoms with E-state index in [9.17, 15) is 26.4 Å². The highest BCUT2D eigenvalue weighted by Crippen LogP contribution is 2.36. The first-order valence-electron chi connectivity index (χ1n) is 8.58. The van der Waals surface area contributed by atoms with E-state index in [-0.39, 0.29) is 12.1 Å². The van der Waals surface area contributed by atoms with Crippen molar-refractivity contribution in [2.45, 2.75) is 32.5 Å². The fourth-order valence-electron chi connectivity index (χ4n) is 2.87. The fourth-order valence-corrected chi connectivity index (χ4v) is 4.30. The molecule has 0 spiro atoms. The van der Waals surface area contributed by atoms with Crippen molar-refractivity contribution >= 4 is 38.9 Å². The lowest BCUT2D eigenvalue weighted by Crippen LogP contribution is -2.47. The minimum atomic E-state index is -4.69. The van der Waals surface area contributed by atoms with Gasteiger partial charge in [0.2, 0.25) is 15.9 Å². The molecule has 0 aliphatic rings. The van der Waals surface area contributed by atoms with Crippen molar-refractivity contribution in [3.05, 3.63) is 58.6 Å². The van der Waals surface area contributed by atoms with Gasteiger partial charge in [-0.05, 0) is 49.2 Å². The van der Waals surface area contributed by atoms with Gasteiger partial charge in [0, 0.05) is 5.69 Å². The van der Waals surface area contributed by atoms with E-state index in [0.29, 0.717) is 11.8 Å². The van der Waals surface area contributed by atoms with Crippen molar-refractivity contribution in [3.63, 3.8) is 0 Å². The highest BCUT2D eigenvalue weighted by Gasteiger charge is 2.35. The maximum absolute atomic E-state index is 13.0. The number of anilines is 2. The van der Waals surface area contributed by atoms with Crippen molar-refractivity contribution in [2.75, 3.05) is 15.9 Å². The molecule has 1 unspecified atom stereocenters. The number of amides is 1. The third kappa shape index (κ3) is 5.63. The molecule has 0 heterocycles. The molecule has 2 rings (SSSR count). The first-order chi connectivity index (χ1) is 13.3. The van der Waals surface area contributed by atoms with E-state index < -0.39 is 38.7 Å². The van der Waals surface area contributed by atoms with Crippen LogP contribution in [0, 0.1) is 6.92 Å². The second-order valence-corrected chi connectivity index (χ2v) is 8.77.